The van der Waals surface area contributed by atoms with Crippen molar-refractivity contribution in [2.24, 2.45) is 7.05 Å². The number of aromatic nitrogens is 2. The summed E-state index contributed by atoms with van der Waals surface area (Å²) in [6.07, 6.45) is 0.810. The van der Waals surface area contributed by atoms with Gasteiger partial charge in [0.1, 0.15) is 0 Å². The molecule has 1 N–H and O–H groups in total. The molecular formula is C14H15ClN2O3S. The zero-order chi connectivity index (χ0) is 15.6. The van der Waals surface area contributed by atoms with E-state index in [0.29, 0.717) is 4.90 Å². The summed E-state index contributed by atoms with van der Waals surface area (Å²) in [5, 5.41) is 13.5. The second-order valence-electron chi connectivity index (χ2n) is 4.54. The lowest BCUT2D eigenvalue weighted by atomic mass is 10.2. The molecule has 0 aliphatic carbocycles. The molecule has 0 bridgehead atoms. The first-order valence-corrected chi connectivity index (χ1v) is 8.05. The van der Waals surface area contributed by atoms with Crippen LogP contribution in [0.3, 0.4) is 0 Å². The Kier molecular flexibility index (Phi) is 4.80. The first-order chi connectivity index (χ1) is 9.92. The molecule has 0 aliphatic heterocycles. The summed E-state index contributed by atoms with van der Waals surface area (Å²) in [6, 6.07) is 6.31. The standard InChI is InChI=1S/C14H15ClN2O3S/c1-3-9-6-10(17(2)16-9)8-21(20)11-4-5-13(15)12(7-11)14(18)19/h4-7H,3,8H2,1-2H3,(H,18,19). The maximum Gasteiger partial charge on any atom is 0.337 e. The van der Waals surface area contributed by atoms with Crippen molar-refractivity contribution in [3.8, 4) is 0 Å². The molecule has 0 saturated heterocycles. The van der Waals surface area contributed by atoms with E-state index in [2.05, 4.69) is 5.10 Å². The van der Waals surface area contributed by atoms with Gasteiger partial charge in [0.05, 0.1) is 38.5 Å². The molecule has 112 valence electrons. The number of rotatable bonds is 5. The molecule has 2 aromatic rings. The topological polar surface area (TPSA) is 72.2 Å². The van der Waals surface area contributed by atoms with E-state index in [1.807, 2.05) is 13.0 Å². The Morgan fingerprint density at radius 2 is 2.14 bits per heavy atom. The monoisotopic (exact) mass is 326 g/mol. The van der Waals surface area contributed by atoms with Crippen LogP contribution in [0.5, 0.6) is 0 Å². The van der Waals surface area contributed by atoms with Gasteiger partial charge in [-0.2, -0.15) is 5.10 Å². The number of hydrogen-bond donors (Lipinski definition) is 1. The first kappa shape index (κ1) is 15.7. The number of carboxylic acids is 1. The summed E-state index contributed by atoms with van der Waals surface area (Å²) in [5.41, 5.74) is 1.74. The molecule has 5 nitrogen and oxygen atoms in total. The van der Waals surface area contributed by atoms with Gasteiger partial charge in [0, 0.05) is 11.9 Å². The number of hydrogen-bond acceptors (Lipinski definition) is 3. The van der Waals surface area contributed by atoms with Gasteiger partial charge >= 0.3 is 5.97 Å². The highest BCUT2D eigenvalue weighted by Crippen LogP contribution is 2.21. The van der Waals surface area contributed by atoms with Crippen LogP contribution in [0.15, 0.2) is 29.2 Å². The van der Waals surface area contributed by atoms with Crippen molar-refractivity contribution in [2.75, 3.05) is 0 Å². The molecule has 7 heteroatoms. The third-order valence-corrected chi connectivity index (χ3v) is 4.77. The Bertz CT molecular complexity index is 712. The van der Waals surface area contributed by atoms with E-state index in [4.69, 9.17) is 16.7 Å². The molecule has 1 atom stereocenters. The molecule has 0 amide bonds. The van der Waals surface area contributed by atoms with Gasteiger partial charge in [-0.1, -0.05) is 18.5 Å². The van der Waals surface area contributed by atoms with Crippen molar-refractivity contribution in [3.63, 3.8) is 0 Å². The van der Waals surface area contributed by atoms with E-state index in [1.54, 1.807) is 17.8 Å². The van der Waals surface area contributed by atoms with Crippen LogP contribution in [-0.4, -0.2) is 25.1 Å². The van der Waals surface area contributed by atoms with Crippen molar-refractivity contribution >= 4 is 28.4 Å². The first-order valence-electron chi connectivity index (χ1n) is 6.35. The van der Waals surface area contributed by atoms with Crippen LogP contribution in [0.1, 0.15) is 28.7 Å². The van der Waals surface area contributed by atoms with Gasteiger partial charge < -0.3 is 5.11 Å². The molecule has 0 saturated carbocycles. The number of aryl methyl sites for hydroxylation is 2. The number of benzene rings is 1. The van der Waals surface area contributed by atoms with Gasteiger partial charge in [0.15, 0.2) is 0 Å². The summed E-state index contributed by atoms with van der Waals surface area (Å²) in [5.74, 6) is -0.850. The van der Waals surface area contributed by atoms with Crippen molar-refractivity contribution in [1.82, 2.24) is 9.78 Å². The summed E-state index contributed by atoms with van der Waals surface area (Å²) in [4.78, 5) is 11.5. The summed E-state index contributed by atoms with van der Waals surface area (Å²) in [6.45, 7) is 2.00. The van der Waals surface area contributed by atoms with E-state index in [1.165, 1.54) is 12.1 Å². The number of carboxylic acid groups (broad SMARTS) is 1. The largest absolute Gasteiger partial charge is 0.478 e. The molecule has 1 aromatic heterocycles. The summed E-state index contributed by atoms with van der Waals surface area (Å²) >= 11 is 5.81. The van der Waals surface area contributed by atoms with Crippen molar-refractivity contribution in [2.45, 2.75) is 24.0 Å². The molecule has 0 spiro atoms. The highest BCUT2D eigenvalue weighted by atomic mass is 35.5. The summed E-state index contributed by atoms with van der Waals surface area (Å²) < 4.78 is 14.1. The van der Waals surface area contributed by atoms with Crippen LogP contribution in [0.2, 0.25) is 5.02 Å². The Balaban J connectivity index is 2.26. The zero-order valence-corrected chi connectivity index (χ0v) is 13.2. The van der Waals surface area contributed by atoms with E-state index >= 15 is 0 Å². The van der Waals surface area contributed by atoms with Crippen LogP contribution in [-0.2, 0) is 30.0 Å². The van der Waals surface area contributed by atoms with Crippen LogP contribution >= 0.6 is 11.6 Å². The van der Waals surface area contributed by atoms with Crippen LogP contribution in [0, 0.1) is 0 Å². The molecular weight excluding hydrogens is 312 g/mol. The van der Waals surface area contributed by atoms with Gasteiger partial charge in [0.2, 0.25) is 0 Å². The Morgan fingerprint density at radius 1 is 1.43 bits per heavy atom. The van der Waals surface area contributed by atoms with Crippen molar-refractivity contribution in [3.05, 3.63) is 46.2 Å². The fourth-order valence-corrected chi connectivity index (χ4v) is 3.28. The maximum absolute atomic E-state index is 12.4. The Morgan fingerprint density at radius 3 is 2.71 bits per heavy atom. The van der Waals surface area contributed by atoms with E-state index in [0.717, 1.165) is 17.8 Å². The molecule has 21 heavy (non-hydrogen) atoms. The van der Waals surface area contributed by atoms with Crippen molar-refractivity contribution < 1.29 is 14.1 Å². The minimum atomic E-state index is -1.35. The number of aromatic carboxylic acids is 1. The third-order valence-electron chi connectivity index (χ3n) is 3.10. The fourth-order valence-electron chi connectivity index (χ4n) is 1.91. The lowest BCUT2D eigenvalue weighted by Gasteiger charge is -2.05. The Labute approximate surface area is 130 Å². The minimum Gasteiger partial charge on any atom is -0.478 e. The zero-order valence-electron chi connectivity index (χ0n) is 11.7. The molecule has 0 radical (unpaired) electrons. The van der Waals surface area contributed by atoms with Gasteiger partial charge in [0.25, 0.3) is 0 Å². The summed E-state index contributed by atoms with van der Waals surface area (Å²) in [7, 11) is 0.451. The van der Waals surface area contributed by atoms with Gasteiger partial charge in [-0.25, -0.2) is 4.79 Å². The molecule has 1 aromatic carbocycles. The lowest BCUT2D eigenvalue weighted by molar-refractivity contribution is 0.0697. The second-order valence-corrected chi connectivity index (χ2v) is 6.40. The average molecular weight is 327 g/mol. The van der Waals surface area contributed by atoms with E-state index < -0.39 is 16.8 Å². The van der Waals surface area contributed by atoms with Gasteiger partial charge in [-0.3, -0.25) is 8.89 Å². The molecule has 1 unspecified atom stereocenters. The minimum absolute atomic E-state index is 0.0400. The fraction of sp³-hybridized carbons (Fsp3) is 0.286. The van der Waals surface area contributed by atoms with Crippen LogP contribution in [0.25, 0.3) is 0 Å². The molecule has 0 aliphatic rings. The highest BCUT2D eigenvalue weighted by Gasteiger charge is 2.14. The van der Waals surface area contributed by atoms with E-state index in [-0.39, 0.29) is 16.3 Å². The average Bonchev–Trinajstić information content (AvgIpc) is 2.79. The highest BCUT2D eigenvalue weighted by molar-refractivity contribution is 7.84. The van der Waals surface area contributed by atoms with Crippen LogP contribution in [0.4, 0.5) is 0 Å². The second kappa shape index (κ2) is 6.41. The maximum atomic E-state index is 12.4. The number of nitrogens with zero attached hydrogens (tertiary/aromatic N) is 2. The lowest BCUT2D eigenvalue weighted by Crippen LogP contribution is -2.05. The van der Waals surface area contributed by atoms with E-state index in [9.17, 15) is 9.00 Å². The SMILES string of the molecule is CCc1cc(CS(=O)c2ccc(Cl)c(C(=O)O)c2)n(C)n1. The van der Waals surface area contributed by atoms with Gasteiger partial charge in [-0.05, 0) is 30.7 Å². The molecule has 1 heterocycles. The number of carbonyl (C=O) groups is 1. The quantitative estimate of drug-likeness (QED) is 0.916. The predicted octanol–water partition coefficient (Wildman–Crippen LogP) is 2.64. The predicted molar refractivity (Wildman–Crippen MR) is 81.1 cm³/mol. The third kappa shape index (κ3) is 3.51. The molecule has 2 rings (SSSR count). The van der Waals surface area contributed by atoms with Crippen LogP contribution < -0.4 is 0 Å². The molecule has 0 fully saturated rings. The smallest absolute Gasteiger partial charge is 0.337 e. The van der Waals surface area contributed by atoms with Crippen molar-refractivity contribution in [1.29, 1.82) is 0 Å². The normalized spacial score (nSPS) is 12.3. The Hall–Kier alpha value is -1.66. The number of halogens is 1. The van der Waals surface area contributed by atoms with Gasteiger partial charge in [-0.15, -0.1) is 0 Å².